The fraction of sp³-hybridized carbons (Fsp3) is 0.0625. The van der Waals surface area contributed by atoms with Gasteiger partial charge >= 0.3 is 0 Å². The third-order valence-corrected chi connectivity index (χ3v) is 10.8. The van der Waals surface area contributed by atoms with Crippen LogP contribution in [0.4, 0.5) is 39.8 Å². The number of benzene rings is 10. The Morgan fingerprint density at radius 2 is 0.406 bits per heavy atom. The molecule has 0 saturated carbocycles. The van der Waals surface area contributed by atoms with E-state index in [0.717, 1.165) is 39.8 Å². The zero-order valence-electron chi connectivity index (χ0n) is 38.8. The second-order valence-corrected chi connectivity index (χ2v) is 16.2. The molecular formula is C64H62CuN4. The summed E-state index contributed by atoms with van der Waals surface area (Å²) in [5, 5.41) is 10.2. The van der Waals surface area contributed by atoms with E-state index in [4.69, 9.17) is 5.73 Å². The van der Waals surface area contributed by atoms with Gasteiger partial charge in [0.2, 0.25) is 0 Å². The van der Waals surface area contributed by atoms with Crippen LogP contribution >= 0.6 is 0 Å². The molecule has 10 aromatic carbocycles. The van der Waals surface area contributed by atoms with Crippen LogP contribution in [0, 0.1) is 20.8 Å². The average molecular weight is 951 g/mol. The monoisotopic (exact) mass is 949 g/mol. The molecule has 0 unspecified atom stereocenters. The largest absolute Gasteiger partial charge is 0.399 e. The summed E-state index contributed by atoms with van der Waals surface area (Å²) in [5.41, 5.74) is 24.1. The van der Waals surface area contributed by atoms with Crippen LogP contribution in [0.2, 0.25) is 0 Å². The molecule has 0 atom stereocenters. The van der Waals surface area contributed by atoms with Gasteiger partial charge in [0.05, 0.1) is 0 Å². The van der Waals surface area contributed by atoms with Crippen molar-refractivity contribution in [1.29, 1.82) is 0 Å². The summed E-state index contributed by atoms with van der Waals surface area (Å²) in [6, 6.07) is 91.5. The molecule has 10 aromatic rings. The van der Waals surface area contributed by atoms with Crippen molar-refractivity contribution >= 4 is 39.8 Å². The number of para-hydroxylation sites is 4. The predicted octanol–water partition coefficient (Wildman–Crippen LogP) is 18.1. The van der Waals surface area contributed by atoms with Crippen molar-refractivity contribution in [2.75, 3.05) is 21.7 Å². The number of nitrogen functional groups attached to an aromatic ring is 1. The summed E-state index contributed by atoms with van der Waals surface area (Å²) in [7, 11) is 0. The SMILES string of the molecule is C.Cc1ccc(-c2ccc(C)cc2)cc1.Cc1ccc(-c2ccc(Nc3ccccc3)cc2)cc1.Nc1ccccc1.[Cu].c1ccc(Nc2ccc(-c3ccc(Nc4ccccc4)cc3)cc2)cc1. The number of hydrogen-bond donors (Lipinski definition) is 4. The van der Waals surface area contributed by atoms with Crippen LogP contribution in [0.3, 0.4) is 0 Å². The molecule has 0 aliphatic carbocycles. The van der Waals surface area contributed by atoms with E-state index in [1.54, 1.807) is 0 Å². The molecule has 0 aliphatic heterocycles. The molecule has 0 spiro atoms. The Morgan fingerprint density at radius 1 is 0.232 bits per heavy atom. The van der Waals surface area contributed by atoms with Crippen molar-refractivity contribution < 1.29 is 17.1 Å². The van der Waals surface area contributed by atoms with Gasteiger partial charge in [0.15, 0.2) is 0 Å². The summed E-state index contributed by atoms with van der Waals surface area (Å²) in [5.74, 6) is 0. The minimum atomic E-state index is 0. The van der Waals surface area contributed by atoms with Gasteiger partial charge in [-0.1, -0.05) is 206 Å². The fourth-order valence-electron chi connectivity index (χ4n) is 6.99. The maximum Gasteiger partial charge on any atom is 0.0384 e. The Hall–Kier alpha value is -8.08. The third-order valence-electron chi connectivity index (χ3n) is 10.8. The Balaban J connectivity index is 0.000000184. The van der Waals surface area contributed by atoms with Crippen LogP contribution in [0.15, 0.2) is 267 Å². The normalized spacial score (nSPS) is 9.78. The van der Waals surface area contributed by atoms with Crippen LogP contribution in [-0.2, 0) is 17.1 Å². The molecule has 4 nitrogen and oxygen atoms in total. The first-order valence-corrected chi connectivity index (χ1v) is 22.6. The Morgan fingerprint density at radius 3 is 0.594 bits per heavy atom. The summed E-state index contributed by atoms with van der Waals surface area (Å²) < 4.78 is 0. The summed E-state index contributed by atoms with van der Waals surface area (Å²) >= 11 is 0. The van der Waals surface area contributed by atoms with Crippen LogP contribution in [-0.4, -0.2) is 0 Å². The van der Waals surface area contributed by atoms with Crippen LogP contribution < -0.4 is 21.7 Å². The zero-order chi connectivity index (χ0) is 46.5. The van der Waals surface area contributed by atoms with E-state index < -0.39 is 0 Å². The van der Waals surface area contributed by atoms with Crippen LogP contribution in [0.5, 0.6) is 0 Å². The number of nitrogens with two attached hydrogens (primary N) is 1. The molecule has 0 saturated heterocycles. The van der Waals surface area contributed by atoms with Gasteiger partial charge in [-0.05, 0) is 139 Å². The van der Waals surface area contributed by atoms with Crippen molar-refractivity contribution in [3.05, 3.63) is 284 Å². The maximum absolute atomic E-state index is 5.36. The van der Waals surface area contributed by atoms with Crippen LogP contribution in [0.25, 0.3) is 33.4 Å². The second-order valence-electron chi connectivity index (χ2n) is 16.2. The molecule has 349 valence electrons. The van der Waals surface area contributed by atoms with E-state index in [0.29, 0.717) is 0 Å². The summed E-state index contributed by atoms with van der Waals surface area (Å²) in [6.45, 7) is 6.33. The minimum Gasteiger partial charge on any atom is -0.399 e. The van der Waals surface area contributed by atoms with Gasteiger partial charge < -0.3 is 21.7 Å². The van der Waals surface area contributed by atoms with E-state index in [-0.39, 0.29) is 24.5 Å². The predicted molar refractivity (Wildman–Crippen MR) is 297 cm³/mol. The minimum absolute atomic E-state index is 0. The molecule has 1 radical (unpaired) electrons. The Kier molecular flexibility index (Phi) is 20.7. The third kappa shape index (κ3) is 17.3. The van der Waals surface area contributed by atoms with Crippen molar-refractivity contribution in [2.24, 2.45) is 0 Å². The van der Waals surface area contributed by atoms with E-state index in [1.165, 1.54) is 50.1 Å². The zero-order valence-corrected chi connectivity index (χ0v) is 39.7. The Labute approximate surface area is 421 Å². The summed E-state index contributed by atoms with van der Waals surface area (Å²) in [4.78, 5) is 0. The molecule has 0 aliphatic rings. The van der Waals surface area contributed by atoms with E-state index in [2.05, 4.69) is 219 Å². The van der Waals surface area contributed by atoms with Gasteiger partial charge in [-0.2, -0.15) is 0 Å². The van der Waals surface area contributed by atoms with Crippen molar-refractivity contribution in [3.8, 4) is 33.4 Å². The quantitative estimate of drug-likeness (QED) is 0.0860. The molecule has 69 heavy (non-hydrogen) atoms. The van der Waals surface area contributed by atoms with Gasteiger partial charge in [0, 0.05) is 56.9 Å². The Bertz CT molecular complexity index is 2800. The molecular weight excluding hydrogens is 888 g/mol. The van der Waals surface area contributed by atoms with Crippen molar-refractivity contribution in [1.82, 2.24) is 0 Å². The van der Waals surface area contributed by atoms with Crippen molar-refractivity contribution in [2.45, 2.75) is 28.2 Å². The van der Waals surface area contributed by atoms with Gasteiger partial charge in [0.1, 0.15) is 0 Å². The number of hydrogen-bond acceptors (Lipinski definition) is 4. The summed E-state index contributed by atoms with van der Waals surface area (Å²) in [6.07, 6.45) is 0. The first-order chi connectivity index (χ1) is 32.8. The maximum atomic E-state index is 5.36. The van der Waals surface area contributed by atoms with Gasteiger partial charge in [0.25, 0.3) is 0 Å². The van der Waals surface area contributed by atoms with Crippen molar-refractivity contribution in [3.63, 3.8) is 0 Å². The molecule has 0 aromatic heterocycles. The first-order valence-electron chi connectivity index (χ1n) is 22.6. The average Bonchev–Trinajstić information content (AvgIpc) is 3.37. The topological polar surface area (TPSA) is 62.1 Å². The van der Waals surface area contributed by atoms with Gasteiger partial charge in [-0.25, -0.2) is 0 Å². The molecule has 0 heterocycles. The molecule has 10 rings (SSSR count). The molecule has 0 bridgehead atoms. The standard InChI is InChI=1S/C24H20N2.C19H17N.C14H14.C6H7N.CH4.Cu/c1-3-7-21(8-4-1)25-23-15-11-19(12-16-23)20-13-17-24(18-14-20)26-22-9-5-2-6-10-22;1-15-7-9-16(10-8-15)17-11-13-19(14-12-17)20-18-5-3-2-4-6-18;1-11-3-7-13(8-4-11)14-9-5-12(2)6-10-14;7-6-4-2-1-3-5-6;;/h1-18,25-26H;2-14,20H,1H3;3-10H,1-2H3;1-5H,7H2;1H4;. The first kappa shape index (κ1) is 51.9. The molecule has 0 fully saturated rings. The molecule has 5 N–H and O–H groups in total. The number of anilines is 7. The smallest absolute Gasteiger partial charge is 0.0384 e. The van der Waals surface area contributed by atoms with Gasteiger partial charge in [-0.15, -0.1) is 0 Å². The number of rotatable bonds is 9. The van der Waals surface area contributed by atoms with E-state index in [1.807, 2.05) is 84.9 Å². The molecule has 0 amide bonds. The van der Waals surface area contributed by atoms with E-state index in [9.17, 15) is 0 Å². The van der Waals surface area contributed by atoms with E-state index >= 15 is 0 Å². The molecule has 5 heteroatoms. The van der Waals surface area contributed by atoms with Crippen LogP contribution in [0.1, 0.15) is 24.1 Å². The number of aryl methyl sites for hydroxylation is 3. The number of nitrogens with one attached hydrogen (secondary N) is 3. The fourth-order valence-corrected chi connectivity index (χ4v) is 6.99. The second kappa shape index (κ2) is 27.5. The van der Waals surface area contributed by atoms with Gasteiger partial charge in [-0.3, -0.25) is 0 Å².